The van der Waals surface area contributed by atoms with Crippen molar-refractivity contribution in [1.82, 2.24) is 5.32 Å². The van der Waals surface area contributed by atoms with Crippen LogP contribution in [-0.2, 0) is 4.74 Å². The summed E-state index contributed by atoms with van der Waals surface area (Å²) < 4.78 is 5.48. The van der Waals surface area contributed by atoms with Gasteiger partial charge < -0.3 is 15.0 Å². The minimum Gasteiger partial charge on any atom is -0.378 e. The maximum Gasteiger partial charge on any atom is 0.0644 e. The molecular weight excluding hydrogens is 248 g/mol. The van der Waals surface area contributed by atoms with Crippen LogP contribution in [0.1, 0.15) is 11.1 Å². The summed E-state index contributed by atoms with van der Waals surface area (Å²) in [6.07, 6.45) is 0. The lowest BCUT2D eigenvalue weighted by Gasteiger charge is -2.30. The van der Waals surface area contributed by atoms with Gasteiger partial charge in [-0.15, -0.1) is 0 Å². The summed E-state index contributed by atoms with van der Waals surface area (Å²) in [5.74, 6) is 0. The van der Waals surface area contributed by atoms with E-state index in [1.165, 1.54) is 11.1 Å². The Morgan fingerprint density at radius 3 is 2.83 bits per heavy atom. The Labute approximate surface area is 114 Å². The summed E-state index contributed by atoms with van der Waals surface area (Å²) in [6.45, 7) is 7.59. The zero-order chi connectivity index (χ0) is 13.1. The molecule has 0 bridgehead atoms. The van der Waals surface area contributed by atoms with Crippen molar-refractivity contribution in [3.8, 4) is 0 Å². The van der Waals surface area contributed by atoms with Crippen LogP contribution in [0.25, 0.3) is 0 Å². The summed E-state index contributed by atoms with van der Waals surface area (Å²) in [5.41, 5.74) is 3.54. The van der Waals surface area contributed by atoms with Crippen LogP contribution in [0.5, 0.6) is 0 Å². The van der Waals surface area contributed by atoms with Crippen molar-refractivity contribution in [3.63, 3.8) is 0 Å². The molecule has 0 aliphatic carbocycles. The molecule has 1 aliphatic rings. The third-order valence-electron chi connectivity index (χ3n) is 3.27. The highest BCUT2D eigenvalue weighted by atomic mass is 35.5. The Morgan fingerprint density at radius 2 is 2.22 bits per heavy atom. The molecule has 0 aromatic heterocycles. The van der Waals surface area contributed by atoms with E-state index in [1.807, 2.05) is 6.07 Å². The number of hydrogen-bond acceptors (Lipinski definition) is 3. The van der Waals surface area contributed by atoms with Gasteiger partial charge >= 0.3 is 0 Å². The predicted molar refractivity (Wildman–Crippen MR) is 76.8 cm³/mol. The van der Waals surface area contributed by atoms with Gasteiger partial charge in [-0.2, -0.15) is 0 Å². The summed E-state index contributed by atoms with van der Waals surface area (Å²) in [4.78, 5) is 2.21. The lowest BCUT2D eigenvalue weighted by Crippen LogP contribution is -2.47. The summed E-state index contributed by atoms with van der Waals surface area (Å²) in [6, 6.07) is 4.56. The monoisotopic (exact) mass is 268 g/mol. The van der Waals surface area contributed by atoms with E-state index in [9.17, 15) is 0 Å². The highest BCUT2D eigenvalue weighted by Crippen LogP contribution is 2.30. The molecule has 1 aromatic carbocycles. The maximum absolute atomic E-state index is 6.35. The number of benzene rings is 1. The van der Waals surface area contributed by atoms with Gasteiger partial charge in [0.1, 0.15) is 0 Å². The molecule has 1 aromatic rings. The number of likely N-dealkylation sites (N-methyl/N-ethyl adjacent to an activating group) is 1. The number of halogens is 1. The van der Waals surface area contributed by atoms with Crippen molar-refractivity contribution < 1.29 is 4.74 Å². The number of ether oxygens (including phenoxy) is 1. The molecule has 1 atom stereocenters. The van der Waals surface area contributed by atoms with E-state index >= 15 is 0 Å². The first-order valence-electron chi connectivity index (χ1n) is 6.37. The van der Waals surface area contributed by atoms with Crippen molar-refractivity contribution in [1.29, 1.82) is 0 Å². The largest absolute Gasteiger partial charge is 0.378 e. The average molecular weight is 269 g/mol. The van der Waals surface area contributed by atoms with Gasteiger partial charge in [0.05, 0.1) is 23.9 Å². The number of morpholine rings is 1. The molecular formula is C14H21ClN2O. The van der Waals surface area contributed by atoms with Crippen LogP contribution in [0.3, 0.4) is 0 Å². The summed E-state index contributed by atoms with van der Waals surface area (Å²) in [7, 11) is 2.08. The highest BCUT2D eigenvalue weighted by Gasteiger charge is 2.17. The highest BCUT2D eigenvalue weighted by molar-refractivity contribution is 6.33. The molecule has 1 N–H and O–H groups in total. The maximum atomic E-state index is 6.35. The zero-order valence-electron chi connectivity index (χ0n) is 11.3. The van der Waals surface area contributed by atoms with Crippen LogP contribution in [0, 0.1) is 13.8 Å². The first kappa shape index (κ1) is 13.7. The minimum absolute atomic E-state index is 0.375. The normalized spacial score (nSPS) is 19.9. The first-order chi connectivity index (χ1) is 8.58. The van der Waals surface area contributed by atoms with Crippen molar-refractivity contribution in [2.75, 3.05) is 38.3 Å². The van der Waals surface area contributed by atoms with Crippen molar-refractivity contribution >= 4 is 17.3 Å². The van der Waals surface area contributed by atoms with E-state index < -0.39 is 0 Å². The van der Waals surface area contributed by atoms with E-state index in [4.69, 9.17) is 16.3 Å². The van der Waals surface area contributed by atoms with Crippen LogP contribution in [0.4, 0.5) is 5.69 Å². The molecule has 2 rings (SSSR count). The lowest BCUT2D eigenvalue weighted by atomic mass is 10.1. The Hall–Kier alpha value is -0.770. The standard InChI is InChI=1S/C14H21ClN2O/c1-10-6-11(2)14(13(15)7-10)17(3)8-12-9-18-5-4-16-12/h6-7,12,16H,4-5,8-9H2,1-3H3. The first-order valence-corrected chi connectivity index (χ1v) is 6.74. The lowest BCUT2D eigenvalue weighted by molar-refractivity contribution is 0.0791. The predicted octanol–water partition coefficient (Wildman–Crippen LogP) is 2.38. The van der Waals surface area contributed by atoms with Crippen LogP contribution in [0.15, 0.2) is 12.1 Å². The molecule has 4 heteroatoms. The van der Waals surface area contributed by atoms with E-state index in [2.05, 4.69) is 37.2 Å². The summed E-state index contributed by atoms with van der Waals surface area (Å²) in [5, 5.41) is 4.29. The van der Waals surface area contributed by atoms with E-state index in [1.54, 1.807) is 0 Å². The van der Waals surface area contributed by atoms with Gasteiger partial charge in [0.25, 0.3) is 0 Å². The van der Waals surface area contributed by atoms with Gasteiger partial charge in [-0.3, -0.25) is 0 Å². The van der Waals surface area contributed by atoms with Crippen molar-refractivity contribution in [2.45, 2.75) is 19.9 Å². The van der Waals surface area contributed by atoms with E-state index in [-0.39, 0.29) is 0 Å². The van der Waals surface area contributed by atoms with Gasteiger partial charge in [-0.25, -0.2) is 0 Å². The third-order valence-corrected chi connectivity index (χ3v) is 3.56. The quantitative estimate of drug-likeness (QED) is 0.911. The molecule has 1 aliphatic heterocycles. The third kappa shape index (κ3) is 3.16. The fourth-order valence-corrected chi connectivity index (χ4v) is 3.02. The minimum atomic E-state index is 0.375. The second-order valence-electron chi connectivity index (χ2n) is 5.02. The van der Waals surface area contributed by atoms with Crippen molar-refractivity contribution in [2.24, 2.45) is 0 Å². The van der Waals surface area contributed by atoms with Crippen molar-refractivity contribution in [3.05, 3.63) is 28.3 Å². The molecule has 1 unspecified atom stereocenters. The number of aryl methyl sites for hydroxylation is 2. The molecule has 0 radical (unpaired) electrons. The Kier molecular flexibility index (Phi) is 4.49. The van der Waals surface area contributed by atoms with Gasteiger partial charge in [-0.1, -0.05) is 17.7 Å². The fourth-order valence-electron chi connectivity index (χ4n) is 2.55. The SMILES string of the molecule is Cc1cc(C)c(N(C)CC2COCCN2)c(Cl)c1. The topological polar surface area (TPSA) is 24.5 Å². The molecule has 0 spiro atoms. The average Bonchev–Trinajstić information content (AvgIpc) is 2.28. The molecule has 1 heterocycles. The van der Waals surface area contributed by atoms with Gasteiger partial charge in [-0.05, 0) is 31.0 Å². The van der Waals surface area contributed by atoms with Crippen LogP contribution in [-0.4, -0.2) is 39.4 Å². The number of nitrogens with one attached hydrogen (secondary N) is 1. The van der Waals surface area contributed by atoms with Crippen LogP contribution >= 0.6 is 11.6 Å². The van der Waals surface area contributed by atoms with E-state index in [0.29, 0.717) is 6.04 Å². The second kappa shape index (κ2) is 5.91. The van der Waals surface area contributed by atoms with Crippen LogP contribution in [0.2, 0.25) is 5.02 Å². The number of anilines is 1. The zero-order valence-corrected chi connectivity index (χ0v) is 12.0. The molecule has 100 valence electrons. The molecule has 0 saturated carbocycles. The van der Waals surface area contributed by atoms with E-state index in [0.717, 1.165) is 37.0 Å². The van der Waals surface area contributed by atoms with Gasteiger partial charge in [0, 0.05) is 26.2 Å². The van der Waals surface area contributed by atoms with Crippen LogP contribution < -0.4 is 10.2 Å². The Morgan fingerprint density at radius 1 is 1.44 bits per heavy atom. The summed E-state index contributed by atoms with van der Waals surface area (Å²) >= 11 is 6.35. The Bertz CT molecular complexity index is 393. The smallest absolute Gasteiger partial charge is 0.0644 e. The second-order valence-corrected chi connectivity index (χ2v) is 5.43. The molecule has 3 nitrogen and oxygen atoms in total. The molecule has 0 amide bonds. The van der Waals surface area contributed by atoms with Gasteiger partial charge in [0.15, 0.2) is 0 Å². The molecule has 1 saturated heterocycles. The number of rotatable bonds is 3. The van der Waals surface area contributed by atoms with Gasteiger partial charge in [0.2, 0.25) is 0 Å². The number of nitrogens with zero attached hydrogens (tertiary/aromatic N) is 1. The number of hydrogen-bond donors (Lipinski definition) is 1. The molecule has 1 fully saturated rings. The molecule has 18 heavy (non-hydrogen) atoms. The fraction of sp³-hybridized carbons (Fsp3) is 0.571. The Balaban J connectivity index is 2.10.